The van der Waals surface area contributed by atoms with Crippen LogP contribution in [0.3, 0.4) is 0 Å². The molecule has 0 unspecified atom stereocenters. The number of carbonyl (C=O) groups is 2. The first-order chi connectivity index (χ1) is 24.7. The SMILES string of the molecule is C#C.C=C(N[C@@H](CCN1CCCCC1)C(=O)NCCCCNC(=O)OCc1cncs1)N(C)Cc1cnc(C(C)C)[nH]1.Cc1ccccc1.[CH3][Pb]. The number of aryl methyl sites for hydroxylation is 1. The molecule has 1 aliphatic heterocycles. The Morgan fingerprint density at radius 1 is 1.08 bits per heavy atom. The topological polar surface area (TPSA) is 128 Å². The van der Waals surface area contributed by atoms with Gasteiger partial charge in [-0.15, -0.1) is 24.2 Å². The molecule has 13 heteroatoms. The number of hydrogen-bond acceptors (Lipinski definition) is 9. The Morgan fingerprint density at radius 2 is 1.75 bits per heavy atom. The van der Waals surface area contributed by atoms with Gasteiger partial charge in [-0.3, -0.25) is 9.78 Å². The molecule has 0 aliphatic carbocycles. The summed E-state index contributed by atoms with van der Waals surface area (Å²) in [5.74, 6) is 1.96. The molecule has 3 heterocycles. The Balaban J connectivity index is 0.00000102. The molecule has 0 spiro atoms. The molecular weight excluding hydrogens is 856 g/mol. The Labute approximate surface area is 326 Å². The molecule has 0 bridgehead atoms. The van der Waals surface area contributed by atoms with Crippen LogP contribution in [0.4, 0.5) is 4.79 Å². The van der Waals surface area contributed by atoms with Crippen molar-refractivity contribution in [3.05, 3.63) is 82.6 Å². The van der Waals surface area contributed by atoms with Crippen LogP contribution in [0.5, 0.6) is 0 Å². The zero-order valence-corrected chi connectivity index (χ0v) is 36.0. The molecule has 1 fully saturated rings. The molecule has 11 nitrogen and oxygen atoms in total. The van der Waals surface area contributed by atoms with E-state index in [1.807, 2.05) is 36.3 Å². The minimum atomic E-state index is -0.447. The number of benzene rings is 1. The molecule has 2 amide bonds. The molecule has 3 aromatic rings. The van der Waals surface area contributed by atoms with Gasteiger partial charge in [0.25, 0.3) is 0 Å². The third-order valence-corrected chi connectivity index (χ3v) is 8.60. The first-order valence-electron chi connectivity index (χ1n) is 17.5. The van der Waals surface area contributed by atoms with Crippen LogP contribution in [-0.2, 0) is 22.7 Å². The van der Waals surface area contributed by atoms with Gasteiger partial charge in [-0.05, 0) is 52.1 Å². The maximum atomic E-state index is 13.2. The summed E-state index contributed by atoms with van der Waals surface area (Å²) in [6, 6.07) is 9.88. The number of ether oxygens (including phenoxy) is 1. The fraction of sp³-hybridized carbons (Fsp3) is 0.526. The van der Waals surface area contributed by atoms with Crippen LogP contribution >= 0.6 is 11.3 Å². The summed E-state index contributed by atoms with van der Waals surface area (Å²) < 4.78 is 7.30. The maximum absolute atomic E-state index is 13.2. The standard InChI is InChI=1S/C28H46N8O3S.C7H8.C2H2.CH3.Pb/c1-21(2)26-32-16-23(34-26)18-35(4)22(3)33-25(10-15-36-13-8-5-9-14-36)27(37)30-11-6-7-12-31-28(38)39-19-24-17-29-20-40-24;1-7-5-3-2-4-6-7;1-2;;/h16-17,20-21,25,33H,3,5-15,18-19H2,1-2,4H3,(H,30,37)(H,31,38)(H,32,34);2-6H,1H3;1-2H;1H3;/t25-;;;;/m0..../s1. The summed E-state index contributed by atoms with van der Waals surface area (Å²) in [6.07, 6.45) is 17.0. The van der Waals surface area contributed by atoms with E-state index in [-0.39, 0.29) is 18.6 Å². The van der Waals surface area contributed by atoms with Crippen molar-refractivity contribution in [2.24, 2.45) is 0 Å². The van der Waals surface area contributed by atoms with Gasteiger partial charge in [-0.2, -0.15) is 0 Å². The average Bonchev–Trinajstić information content (AvgIpc) is 3.86. The van der Waals surface area contributed by atoms with E-state index in [1.165, 1.54) is 61.9 Å². The number of imidazole rings is 1. The van der Waals surface area contributed by atoms with Gasteiger partial charge in [0.05, 0.1) is 34.6 Å². The number of thiazole rings is 1. The molecule has 1 aliphatic rings. The third kappa shape index (κ3) is 20.3. The second-order valence-corrected chi connectivity index (χ2v) is 13.2. The summed E-state index contributed by atoms with van der Waals surface area (Å²) in [7, 11) is 1.96. The molecule has 1 saturated heterocycles. The number of terminal acetylenes is 1. The van der Waals surface area contributed by atoms with E-state index >= 15 is 0 Å². The zero-order chi connectivity index (χ0) is 37.9. The molecule has 3 radical (unpaired) electrons. The molecular formula is C38H59N8O3PbS. The van der Waals surface area contributed by atoms with E-state index in [1.54, 1.807) is 11.7 Å². The monoisotopic (exact) mass is 915 g/mol. The van der Waals surface area contributed by atoms with Crippen molar-refractivity contribution < 1.29 is 14.3 Å². The molecule has 2 aromatic heterocycles. The van der Waals surface area contributed by atoms with E-state index in [4.69, 9.17) is 4.74 Å². The second kappa shape index (κ2) is 28.2. The van der Waals surface area contributed by atoms with Crippen LogP contribution in [-0.4, -0.2) is 108 Å². The van der Waals surface area contributed by atoms with Gasteiger partial charge in [0, 0.05) is 38.8 Å². The number of alkyl carbamates (subject to hydrolysis) is 1. The van der Waals surface area contributed by atoms with E-state index in [9.17, 15) is 9.59 Å². The predicted molar refractivity (Wildman–Crippen MR) is 210 cm³/mol. The van der Waals surface area contributed by atoms with Crippen LogP contribution in [0.15, 0.2) is 60.6 Å². The van der Waals surface area contributed by atoms with E-state index < -0.39 is 6.09 Å². The van der Waals surface area contributed by atoms with E-state index in [2.05, 4.69) is 92.6 Å². The van der Waals surface area contributed by atoms with Crippen molar-refractivity contribution >= 4 is 49.1 Å². The number of nitrogens with one attached hydrogen (secondary N) is 4. The number of aromatic nitrogens is 3. The van der Waals surface area contributed by atoms with Gasteiger partial charge in [0.2, 0.25) is 5.91 Å². The Kier molecular flexibility index (Phi) is 25.2. The van der Waals surface area contributed by atoms with Gasteiger partial charge in [-0.25, -0.2) is 9.78 Å². The number of hydrogen-bond donors (Lipinski definition) is 4. The van der Waals surface area contributed by atoms with Crippen LogP contribution < -0.4 is 16.0 Å². The van der Waals surface area contributed by atoms with Gasteiger partial charge < -0.3 is 35.5 Å². The summed E-state index contributed by atoms with van der Waals surface area (Å²) >= 11 is 2.75. The molecule has 279 valence electrons. The first-order valence-corrected chi connectivity index (χ1v) is 22.3. The fourth-order valence-corrected chi connectivity index (χ4v) is 5.49. The quantitative estimate of drug-likeness (QED) is 0.0739. The van der Waals surface area contributed by atoms with Crippen LogP contribution in [0.1, 0.15) is 80.2 Å². The molecule has 0 saturated carbocycles. The number of H-pyrrole nitrogens is 1. The molecule has 4 rings (SSSR count). The van der Waals surface area contributed by atoms with Gasteiger partial charge >= 0.3 is 36.3 Å². The molecule has 4 N–H and O–H groups in total. The Hall–Kier alpha value is -3.42. The van der Waals surface area contributed by atoms with Crippen molar-refractivity contribution in [1.82, 2.24) is 40.7 Å². The van der Waals surface area contributed by atoms with Crippen molar-refractivity contribution in [1.29, 1.82) is 0 Å². The Morgan fingerprint density at radius 3 is 2.31 bits per heavy atom. The van der Waals surface area contributed by atoms with Crippen molar-refractivity contribution in [3.8, 4) is 12.8 Å². The summed E-state index contributed by atoms with van der Waals surface area (Å²) in [5.41, 5.74) is 4.03. The summed E-state index contributed by atoms with van der Waals surface area (Å²) in [5, 5.41) is 9.19. The fourth-order valence-electron chi connectivity index (χ4n) is 4.99. The van der Waals surface area contributed by atoms with Crippen molar-refractivity contribution in [2.75, 3.05) is 39.8 Å². The molecule has 1 aromatic carbocycles. The third-order valence-electron chi connectivity index (χ3n) is 7.84. The van der Waals surface area contributed by atoms with Gasteiger partial charge in [0.1, 0.15) is 18.5 Å². The van der Waals surface area contributed by atoms with E-state index in [0.29, 0.717) is 37.8 Å². The molecule has 1 atom stereocenters. The number of nitrogens with zero attached hydrogens (tertiary/aromatic N) is 4. The van der Waals surface area contributed by atoms with E-state index in [0.717, 1.165) is 48.9 Å². The van der Waals surface area contributed by atoms with Crippen molar-refractivity contribution in [3.63, 3.8) is 0 Å². The first kappa shape index (κ1) is 45.6. The Bertz CT molecular complexity index is 1360. The number of likely N-dealkylation sites (tertiary alicyclic amines) is 1. The average molecular weight is 915 g/mol. The number of unbranched alkanes of at least 4 members (excludes halogenated alkanes) is 1. The number of carbonyl (C=O) groups excluding carboxylic acids is 2. The minimum absolute atomic E-state index is 0.0351. The van der Waals surface area contributed by atoms with Crippen LogP contribution in [0, 0.1) is 19.8 Å². The van der Waals surface area contributed by atoms with Gasteiger partial charge in [0.15, 0.2) is 0 Å². The predicted octanol–water partition coefficient (Wildman–Crippen LogP) is 6.00. The van der Waals surface area contributed by atoms with Crippen LogP contribution in [0.25, 0.3) is 0 Å². The zero-order valence-electron chi connectivity index (χ0n) is 31.2. The summed E-state index contributed by atoms with van der Waals surface area (Å²) in [4.78, 5) is 42.1. The number of aromatic amines is 1. The van der Waals surface area contributed by atoms with Crippen LogP contribution in [0.2, 0.25) is 4.48 Å². The summed E-state index contributed by atoms with van der Waals surface area (Å²) in [6.45, 7) is 15.4. The van der Waals surface area contributed by atoms with Gasteiger partial charge in [-0.1, -0.05) is 62.7 Å². The number of amides is 2. The number of piperidine rings is 1. The number of rotatable bonds is 17. The normalized spacial score (nSPS) is 12.7. The second-order valence-electron chi connectivity index (χ2n) is 12.3. The molecule has 51 heavy (non-hydrogen) atoms. The van der Waals surface area contributed by atoms with Crippen molar-refractivity contribution in [2.45, 2.75) is 88.9 Å².